The summed E-state index contributed by atoms with van der Waals surface area (Å²) in [6, 6.07) is 7.41. The summed E-state index contributed by atoms with van der Waals surface area (Å²) in [5.41, 5.74) is 0.731. The first-order chi connectivity index (χ1) is 8.65. The van der Waals surface area contributed by atoms with Gasteiger partial charge in [0.15, 0.2) is 0 Å². The summed E-state index contributed by atoms with van der Waals surface area (Å²) in [6.45, 7) is 4.63. The topological polar surface area (TPSA) is 34.9 Å². The summed E-state index contributed by atoms with van der Waals surface area (Å²) in [4.78, 5) is 16.9. The molecular formula is C14H17ClN2O. The van der Waals surface area contributed by atoms with Gasteiger partial charge in [0, 0.05) is 6.54 Å². The van der Waals surface area contributed by atoms with Crippen LogP contribution >= 0.6 is 11.6 Å². The van der Waals surface area contributed by atoms with Gasteiger partial charge in [0.1, 0.15) is 5.82 Å². The van der Waals surface area contributed by atoms with Crippen LogP contribution in [-0.2, 0) is 6.54 Å². The van der Waals surface area contributed by atoms with E-state index in [1.54, 1.807) is 4.57 Å². The first kappa shape index (κ1) is 13.1. The maximum atomic E-state index is 12.4. The van der Waals surface area contributed by atoms with Gasteiger partial charge in [0.25, 0.3) is 5.56 Å². The maximum Gasteiger partial charge on any atom is 0.261 e. The first-order valence-electron chi connectivity index (χ1n) is 6.28. The van der Waals surface area contributed by atoms with Crippen molar-refractivity contribution < 1.29 is 0 Å². The zero-order valence-corrected chi connectivity index (χ0v) is 11.4. The lowest BCUT2D eigenvalue weighted by atomic mass is 10.2. The number of aromatic nitrogens is 2. The number of para-hydroxylation sites is 1. The lowest BCUT2D eigenvalue weighted by molar-refractivity contribution is 0.576. The molecule has 0 amide bonds. The Morgan fingerprint density at radius 3 is 2.78 bits per heavy atom. The fourth-order valence-corrected chi connectivity index (χ4v) is 2.19. The number of hydrogen-bond acceptors (Lipinski definition) is 2. The Balaban J connectivity index is 2.67. The van der Waals surface area contributed by atoms with Crippen LogP contribution in [0, 0.1) is 0 Å². The van der Waals surface area contributed by atoms with Crippen LogP contribution in [0.25, 0.3) is 10.9 Å². The van der Waals surface area contributed by atoms with Crippen molar-refractivity contribution >= 4 is 22.5 Å². The van der Waals surface area contributed by atoms with E-state index in [1.807, 2.05) is 31.2 Å². The van der Waals surface area contributed by atoms with Gasteiger partial charge in [0.2, 0.25) is 0 Å². The Kier molecular flexibility index (Phi) is 4.02. The van der Waals surface area contributed by atoms with Gasteiger partial charge in [-0.05, 0) is 25.5 Å². The largest absolute Gasteiger partial charge is 0.295 e. The molecule has 2 aromatic rings. The highest BCUT2D eigenvalue weighted by Gasteiger charge is 2.13. The molecule has 1 unspecified atom stereocenters. The van der Waals surface area contributed by atoms with E-state index >= 15 is 0 Å². The second-order valence-corrected chi connectivity index (χ2v) is 5.07. The van der Waals surface area contributed by atoms with E-state index in [0.29, 0.717) is 17.8 Å². The molecule has 0 saturated heterocycles. The lowest BCUT2D eigenvalue weighted by Crippen LogP contribution is -2.25. The number of rotatable bonds is 4. The number of fused-ring (bicyclic) bond motifs is 1. The molecule has 2 rings (SSSR count). The maximum absolute atomic E-state index is 12.4. The molecular weight excluding hydrogens is 248 g/mol. The zero-order chi connectivity index (χ0) is 13.1. The molecule has 1 atom stereocenters. The first-order valence-corrected chi connectivity index (χ1v) is 6.72. The van der Waals surface area contributed by atoms with E-state index in [9.17, 15) is 4.79 Å². The number of unbranched alkanes of at least 4 members (excludes halogenated alkanes) is 1. The van der Waals surface area contributed by atoms with E-state index in [2.05, 4.69) is 11.9 Å². The Morgan fingerprint density at radius 2 is 2.11 bits per heavy atom. The highest BCUT2D eigenvalue weighted by molar-refractivity contribution is 6.20. The number of benzene rings is 1. The molecule has 0 spiro atoms. The van der Waals surface area contributed by atoms with E-state index in [0.717, 1.165) is 18.4 Å². The standard InChI is InChI=1S/C14H17ClN2O/c1-3-4-9-17-13(10(2)15)16-12-8-6-5-7-11(12)14(17)18/h5-8,10H,3-4,9H2,1-2H3. The van der Waals surface area contributed by atoms with Gasteiger partial charge in [-0.25, -0.2) is 4.98 Å². The third-order valence-electron chi connectivity index (χ3n) is 2.98. The minimum absolute atomic E-state index is 0.0107. The van der Waals surface area contributed by atoms with Crippen LogP contribution in [0.5, 0.6) is 0 Å². The summed E-state index contributed by atoms with van der Waals surface area (Å²) >= 11 is 6.14. The van der Waals surface area contributed by atoms with Crippen molar-refractivity contribution in [3.63, 3.8) is 0 Å². The number of alkyl halides is 1. The molecule has 0 N–H and O–H groups in total. The van der Waals surface area contributed by atoms with E-state index < -0.39 is 0 Å². The van der Waals surface area contributed by atoms with Crippen molar-refractivity contribution in [1.82, 2.24) is 9.55 Å². The number of nitrogens with zero attached hydrogens (tertiary/aromatic N) is 2. The van der Waals surface area contributed by atoms with Gasteiger partial charge >= 0.3 is 0 Å². The Labute approximate surface area is 111 Å². The summed E-state index contributed by atoms with van der Waals surface area (Å²) < 4.78 is 1.71. The van der Waals surface area contributed by atoms with Crippen molar-refractivity contribution in [3.8, 4) is 0 Å². The Hall–Kier alpha value is -1.35. The Morgan fingerprint density at radius 1 is 1.39 bits per heavy atom. The third kappa shape index (κ3) is 2.41. The quantitative estimate of drug-likeness (QED) is 0.793. The highest BCUT2D eigenvalue weighted by atomic mass is 35.5. The fourth-order valence-electron chi connectivity index (χ4n) is 2.02. The molecule has 1 heterocycles. The molecule has 18 heavy (non-hydrogen) atoms. The normalized spacial score (nSPS) is 12.8. The van der Waals surface area contributed by atoms with Crippen LogP contribution < -0.4 is 5.56 Å². The van der Waals surface area contributed by atoms with Gasteiger partial charge < -0.3 is 0 Å². The molecule has 96 valence electrons. The van der Waals surface area contributed by atoms with Gasteiger partial charge in [-0.15, -0.1) is 11.6 Å². The fraction of sp³-hybridized carbons (Fsp3) is 0.429. The molecule has 0 saturated carbocycles. The van der Waals surface area contributed by atoms with Crippen LogP contribution in [0.4, 0.5) is 0 Å². The van der Waals surface area contributed by atoms with Gasteiger partial charge in [0.05, 0.1) is 16.3 Å². The predicted octanol–water partition coefficient (Wildman–Crippen LogP) is 3.50. The minimum atomic E-state index is -0.265. The van der Waals surface area contributed by atoms with E-state index in [1.165, 1.54) is 0 Å². The summed E-state index contributed by atoms with van der Waals surface area (Å²) in [6.07, 6.45) is 1.99. The smallest absolute Gasteiger partial charge is 0.261 e. The molecule has 0 aliphatic heterocycles. The van der Waals surface area contributed by atoms with Crippen LogP contribution in [-0.4, -0.2) is 9.55 Å². The third-order valence-corrected chi connectivity index (χ3v) is 3.18. The minimum Gasteiger partial charge on any atom is -0.295 e. The van der Waals surface area contributed by atoms with Crippen molar-refractivity contribution in [1.29, 1.82) is 0 Å². The van der Waals surface area contributed by atoms with E-state index in [4.69, 9.17) is 11.6 Å². The lowest BCUT2D eigenvalue weighted by Gasteiger charge is -2.14. The second-order valence-electron chi connectivity index (χ2n) is 4.41. The average molecular weight is 265 g/mol. The molecule has 0 radical (unpaired) electrons. The Bertz CT molecular complexity index is 604. The summed E-state index contributed by atoms with van der Waals surface area (Å²) in [5, 5.41) is 0.397. The molecule has 0 fully saturated rings. The number of hydrogen-bond donors (Lipinski definition) is 0. The van der Waals surface area contributed by atoms with Crippen LogP contribution in [0.3, 0.4) is 0 Å². The zero-order valence-electron chi connectivity index (χ0n) is 10.7. The molecule has 4 heteroatoms. The average Bonchev–Trinajstić information content (AvgIpc) is 2.37. The number of halogens is 1. The monoisotopic (exact) mass is 264 g/mol. The summed E-state index contributed by atoms with van der Waals surface area (Å²) in [7, 11) is 0. The molecule has 0 aliphatic carbocycles. The van der Waals surface area contributed by atoms with Gasteiger partial charge in [-0.3, -0.25) is 9.36 Å². The molecule has 1 aromatic heterocycles. The van der Waals surface area contributed by atoms with Crippen molar-refractivity contribution in [3.05, 3.63) is 40.4 Å². The van der Waals surface area contributed by atoms with Crippen LogP contribution in [0.2, 0.25) is 0 Å². The SMILES string of the molecule is CCCCn1c(C(C)Cl)nc2ccccc2c1=O. The van der Waals surface area contributed by atoms with Crippen molar-refractivity contribution in [2.75, 3.05) is 0 Å². The van der Waals surface area contributed by atoms with Crippen molar-refractivity contribution in [2.24, 2.45) is 0 Å². The highest BCUT2D eigenvalue weighted by Crippen LogP contribution is 2.19. The molecule has 0 aliphatic rings. The van der Waals surface area contributed by atoms with Gasteiger partial charge in [-0.1, -0.05) is 25.5 Å². The molecule has 3 nitrogen and oxygen atoms in total. The van der Waals surface area contributed by atoms with Crippen LogP contribution in [0.1, 0.15) is 37.9 Å². The predicted molar refractivity (Wildman–Crippen MR) is 75.2 cm³/mol. The summed E-state index contributed by atoms with van der Waals surface area (Å²) in [5.74, 6) is 0.661. The van der Waals surface area contributed by atoms with Gasteiger partial charge in [-0.2, -0.15) is 0 Å². The molecule has 1 aromatic carbocycles. The van der Waals surface area contributed by atoms with E-state index in [-0.39, 0.29) is 10.9 Å². The molecule has 0 bridgehead atoms. The second kappa shape index (κ2) is 5.53. The van der Waals surface area contributed by atoms with Crippen LogP contribution in [0.15, 0.2) is 29.1 Å². The van der Waals surface area contributed by atoms with Crippen molar-refractivity contribution in [2.45, 2.75) is 38.6 Å².